The Hall–Kier alpha value is -1.69. The molecule has 16 heavy (non-hydrogen) atoms. The maximum atomic E-state index is 12.8. The van der Waals surface area contributed by atoms with E-state index in [1.807, 2.05) is 0 Å². The van der Waals surface area contributed by atoms with Crippen LogP contribution in [0.1, 0.15) is 6.42 Å². The van der Waals surface area contributed by atoms with Gasteiger partial charge in [-0.1, -0.05) is 0 Å². The first kappa shape index (κ1) is 10.8. The third-order valence-electron chi connectivity index (χ3n) is 2.43. The monoisotopic (exact) mass is 226 g/mol. The molecule has 1 aromatic rings. The van der Waals surface area contributed by atoms with E-state index in [2.05, 4.69) is 5.32 Å². The Morgan fingerprint density at radius 3 is 3.00 bits per heavy atom. The van der Waals surface area contributed by atoms with E-state index in [0.717, 1.165) is 25.1 Å². The van der Waals surface area contributed by atoms with Crippen LogP contribution >= 0.6 is 0 Å². The molecule has 0 radical (unpaired) electrons. The molecule has 1 atom stereocenters. The van der Waals surface area contributed by atoms with Gasteiger partial charge in [0.05, 0.1) is 11.0 Å². The Morgan fingerprint density at radius 1 is 1.56 bits per heavy atom. The lowest BCUT2D eigenvalue weighted by Gasteiger charge is -2.12. The average Bonchev–Trinajstić information content (AvgIpc) is 2.73. The highest BCUT2D eigenvalue weighted by molar-refractivity contribution is 5.46. The molecule has 6 heteroatoms. The lowest BCUT2D eigenvalue weighted by molar-refractivity contribution is -0.386. The van der Waals surface area contributed by atoms with Crippen LogP contribution in [0.2, 0.25) is 0 Å². The van der Waals surface area contributed by atoms with Gasteiger partial charge in [0.2, 0.25) is 0 Å². The molecule has 2 rings (SSSR count). The third-order valence-corrected chi connectivity index (χ3v) is 2.43. The van der Waals surface area contributed by atoms with E-state index in [4.69, 9.17) is 4.74 Å². The van der Waals surface area contributed by atoms with Gasteiger partial charge in [0.15, 0.2) is 5.75 Å². The fraction of sp³-hybridized carbons (Fsp3) is 0.400. The van der Waals surface area contributed by atoms with Crippen molar-refractivity contribution in [3.63, 3.8) is 0 Å². The van der Waals surface area contributed by atoms with Crippen molar-refractivity contribution >= 4 is 5.69 Å². The second-order valence-corrected chi connectivity index (χ2v) is 3.60. The number of nitro benzene ring substituents is 1. The number of nitro groups is 1. The molecule has 5 nitrogen and oxygen atoms in total. The molecule has 1 aliphatic heterocycles. The second kappa shape index (κ2) is 4.44. The van der Waals surface area contributed by atoms with E-state index in [-0.39, 0.29) is 17.5 Å². The van der Waals surface area contributed by atoms with Gasteiger partial charge in [0, 0.05) is 6.54 Å². The van der Waals surface area contributed by atoms with Crippen molar-refractivity contribution in [1.29, 1.82) is 0 Å². The number of nitrogens with one attached hydrogen (secondary N) is 1. The minimum atomic E-state index is -0.638. The minimum Gasteiger partial charge on any atom is -0.482 e. The van der Waals surface area contributed by atoms with Crippen molar-refractivity contribution in [2.24, 2.45) is 0 Å². The first-order valence-electron chi connectivity index (χ1n) is 4.98. The zero-order chi connectivity index (χ0) is 11.5. The van der Waals surface area contributed by atoms with E-state index < -0.39 is 10.7 Å². The number of benzene rings is 1. The number of nitrogens with zero attached hydrogens (tertiary/aromatic N) is 1. The molecule has 0 amide bonds. The average molecular weight is 226 g/mol. The van der Waals surface area contributed by atoms with E-state index >= 15 is 0 Å². The summed E-state index contributed by atoms with van der Waals surface area (Å²) in [7, 11) is 0. The first-order chi connectivity index (χ1) is 7.66. The fourth-order valence-electron chi connectivity index (χ4n) is 1.64. The van der Waals surface area contributed by atoms with Crippen molar-refractivity contribution in [3.8, 4) is 5.75 Å². The molecular formula is C10H11FN2O3. The van der Waals surface area contributed by atoms with E-state index in [1.165, 1.54) is 6.07 Å². The SMILES string of the molecule is O=[N+]([O-])c1cc(F)ccc1O[C@H]1CCNC1. The van der Waals surface area contributed by atoms with Crippen LogP contribution in [0, 0.1) is 15.9 Å². The summed E-state index contributed by atoms with van der Waals surface area (Å²) in [6.07, 6.45) is 0.721. The topological polar surface area (TPSA) is 64.4 Å². The van der Waals surface area contributed by atoms with Crippen LogP contribution in [-0.4, -0.2) is 24.1 Å². The zero-order valence-electron chi connectivity index (χ0n) is 8.48. The molecule has 1 fully saturated rings. The number of ether oxygens (including phenoxy) is 1. The minimum absolute atomic E-state index is 0.0795. The zero-order valence-corrected chi connectivity index (χ0v) is 8.48. The maximum absolute atomic E-state index is 12.8. The number of halogens is 1. The predicted octanol–water partition coefficient (Wildman–Crippen LogP) is 1.47. The first-order valence-corrected chi connectivity index (χ1v) is 4.98. The van der Waals surface area contributed by atoms with Gasteiger partial charge < -0.3 is 10.1 Å². The van der Waals surface area contributed by atoms with Crippen LogP contribution in [0.25, 0.3) is 0 Å². The van der Waals surface area contributed by atoms with Crippen molar-refractivity contribution in [2.75, 3.05) is 13.1 Å². The van der Waals surface area contributed by atoms with Crippen molar-refractivity contribution in [1.82, 2.24) is 5.32 Å². The van der Waals surface area contributed by atoms with Crippen LogP contribution in [0.5, 0.6) is 5.75 Å². The van der Waals surface area contributed by atoms with E-state index in [9.17, 15) is 14.5 Å². The molecule has 1 saturated heterocycles. The van der Waals surface area contributed by atoms with Crippen LogP contribution in [0.3, 0.4) is 0 Å². The van der Waals surface area contributed by atoms with Gasteiger partial charge in [-0.3, -0.25) is 10.1 Å². The van der Waals surface area contributed by atoms with Gasteiger partial charge >= 0.3 is 5.69 Å². The van der Waals surface area contributed by atoms with E-state index in [0.29, 0.717) is 6.54 Å². The standard InChI is InChI=1S/C10H11FN2O3/c11-7-1-2-10(9(5-7)13(14)15)16-8-3-4-12-6-8/h1-2,5,8,12H,3-4,6H2/t8-/m0/s1. The van der Waals surface area contributed by atoms with Gasteiger partial charge in [0.25, 0.3) is 0 Å². The summed E-state index contributed by atoms with van der Waals surface area (Å²) >= 11 is 0. The molecule has 0 aromatic heterocycles. The summed E-state index contributed by atoms with van der Waals surface area (Å²) in [6, 6.07) is 3.33. The Morgan fingerprint density at radius 2 is 2.38 bits per heavy atom. The van der Waals surface area contributed by atoms with Crippen molar-refractivity contribution in [2.45, 2.75) is 12.5 Å². The van der Waals surface area contributed by atoms with Crippen molar-refractivity contribution < 1.29 is 14.1 Å². The highest BCUT2D eigenvalue weighted by Crippen LogP contribution is 2.29. The maximum Gasteiger partial charge on any atom is 0.313 e. The highest BCUT2D eigenvalue weighted by Gasteiger charge is 2.22. The molecule has 0 aliphatic carbocycles. The molecule has 1 aromatic carbocycles. The van der Waals surface area contributed by atoms with Crippen LogP contribution in [-0.2, 0) is 0 Å². The second-order valence-electron chi connectivity index (χ2n) is 3.60. The molecule has 1 N–H and O–H groups in total. The number of hydrogen-bond donors (Lipinski definition) is 1. The molecule has 86 valence electrons. The van der Waals surface area contributed by atoms with E-state index in [1.54, 1.807) is 0 Å². The van der Waals surface area contributed by atoms with Gasteiger partial charge in [-0.15, -0.1) is 0 Å². The summed E-state index contributed by atoms with van der Waals surface area (Å²) in [5.41, 5.74) is -0.327. The normalized spacial score (nSPS) is 19.7. The molecule has 1 aliphatic rings. The quantitative estimate of drug-likeness (QED) is 0.626. The Balaban J connectivity index is 2.21. The molecular weight excluding hydrogens is 215 g/mol. The molecule has 0 spiro atoms. The lowest BCUT2D eigenvalue weighted by Crippen LogP contribution is -2.20. The summed E-state index contributed by atoms with van der Waals surface area (Å²) in [5.74, 6) is -0.510. The molecule has 0 unspecified atom stereocenters. The van der Waals surface area contributed by atoms with Crippen LogP contribution < -0.4 is 10.1 Å². The smallest absolute Gasteiger partial charge is 0.313 e. The number of rotatable bonds is 3. The Bertz CT molecular complexity index is 405. The summed E-state index contributed by atoms with van der Waals surface area (Å²) in [4.78, 5) is 10.1. The van der Waals surface area contributed by atoms with Crippen molar-refractivity contribution in [3.05, 3.63) is 34.1 Å². The third kappa shape index (κ3) is 2.27. The molecule has 0 bridgehead atoms. The highest BCUT2D eigenvalue weighted by atomic mass is 19.1. The molecule has 0 saturated carbocycles. The largest absolute Gasteiger partial charge is 0.482 e. The van der Waals surface area contributed by atoms with Gasteiger partial charge in [-0.25, -0.2) is 4.39 Å². The van der Waals surface area contributed by atoms with Gasteiger partial charge in [-0.2, -0.15) is 0 Å². The van der Waals surface area contributed by atoms with Gasteiger partial charge in [-0.05, 0) is 25.1 Å². The van der Waals surface area contributed by atoms with Gasteiger partial charge in [0.1, 0.15) is 11.9 Å². The fourth-order valence-corrected chi connectivity index (χ4v) is 1.64. The summed E-state index contributed by atoms with van der Waals surface area (Å²) < 4.78 is 18.3. The summed E-state index contributed by atoms with van der Waals surface area (Å²) in [6.45, 7) is 1.49. The Labute approximate surface area is 91.4 Å². The lowest BCUT2D eigenvalue weighted by atomic mass is 10.2. The predicted molar refractivity (Wildman–Crippen MR) is 55.0 cm³/mol. The van der Waals surface area contributed by atoms with Crippen LogP contribution in [0.15, 0.2) is 18.2 Å². The number of hydrogen-bond acceptors (Lipinski definition) is 4. The van der Waals surface area contributed by atoms with Crippen LogP contribution in [0.4, 0.5) is 10.1 Å². The Kier molecular flexibility index (Phi) is 3.00. The summed E-state index contributed by atoms with van der Waals surface area (Å²) in [5, 5.41) is 13.8. The molecule has 1 heterocycles.